The van der Waals surface area contributed by atoms with Gasteiger partial charge in [0.05, 0.1) is 22.0 Å². The number of fused-ring (bicyclic) bond motifs is 1. The fourth-order valence-corrected chi connectivity index (χ4v) is 4.38. The SMILES string of the molecule is Cc1cc(N)n(CC(=O)N2CCCC2c2nc3ccccc3s2)n1. The Balaban J connectivity index is 1.57. The Kier molecular flexibility index (Phi) is 3.72. The number of nitrogens with zero attached hydrogens (tertiary/aromatic N) is 4. The highest BCUT2D eigenvalue weighted by Crippen LogP contribution is 2.36. The molecule has 2 N–H and O–H groups in total. The molecule has 124 valence electrons. The first kappa shape index (κ1) is 15.1. The minimum Gasteiger partial charge on any atom is -0.384 e. The summed E-state index contributed by atoms with van der Waals surface area (Å²) in [7, 11) is 0. The highest BCUT2D eigenvalue weighted by molar-refractivity contribution is 7.18. The molecule has 24 heavy (non-hydrogen) atoms. The lowest BCUT2D eigenvalue weighted by molar-refractivity contribution is -0.132. The number of anilines is 1. The second-order valence-corrected chi connectivity index (χ2v) is 7.20. The highest BCUT2D eigenvalue weighted by Gasteiger charge is 2.32. The van der Waals surface area contributed by atoms with Crippen molar-refractivity contribution in [3.63, 3.8) is 0 Å². The molecule has 0 radical (unpaired) electrons. The van der Waals surface area contributed by atoms with Gasteiger partial charge in [-0.3, -0.25) is 4.79 Å². The largest absolute Gasteiger partial charge is 0.384 e. The van der Waals surface area contributed by atoms with Crippen LogP contribution >= 0.6 is 11.3 Å². The molecule has 1 aliphatic heterocycles. The van der Waals surface area contributed by atoms with E-state index in [1.807, 2.05) is 30.0 Å². The summed E-state index contributed by atoms with van der Waals surface area (Å²) in [5.41, 5.74) is 7.73. The summed E-state index contributed by atoms with van der Waals surface area (Å²) in [6.45, 7) is 2.82. The van der Waals surface area contributed by atoms with Gasteiger partial charge in [0, 0.05) is 12.6 Å². The summed E-state index contributed by atoms with van der Waals surface area (Å²) in [5.74, 6) is 0.572. The van der Waals surface area contributed by atoms with Crippen LogP contribution in [0.25, 0.3) is 10.2 Å². The third kappa shape index (κ3) is 2.65. The molecule has 0 spiro atoms. The molecule has 1 saturated heterocycles. The minimum atomic E-state index is 0.0477. The van der Waals surface area contributed by atoms with Gasteiger partial charge in [0.2, 0.25) is 5.91 Å². The van der Waals surface area contributed by atoms with Crippen LogP contribution in [-0.4, -0.2) is 32.1 Å². The molecule has 0 bridgehead atoms. The fraction of sp³-hybridized carbons (Fsp3) is 0.353. The molecule has 1 amide bonds. The van der Waals surface area contributed by atoms with Crippen LogP contribution in [0.1, 0.15) is 29.6 Å². The molecule has 7 heteroatoms. The molecule has 2 aromatic heterocycles. The topological polar surface area (TPSA) is 77.0 Å². The van der Waals surface area contributed by atoms with Gasteiger partial charge >= 0.3 is 0 Å². The molecule has 4 rings (SSSR count). The van der Waals surface area contributed by atoms with Crippen LogP contribution in [0.15, 0.2) is 30.3 Å². The maximum atomic E-state index is 12.8. The Morgan fingerprint density at radius 3 is 3.00 bits per heavy atom. The molecule has 1 fully saturated rings. The number of likely N-dealkylation sites (tertiary alicyclic amines) is 1. The Morgan fingerprint density at radius 1 is 1.42 bits per heavy atom. The number of carbonyl (C=O) groups is 1. The minimum absolute atomic E-state index is 0.0477. The van der Waals surface area contributed by atoms with Crippen LogP contribution in [-0.2, 0) is 11.3 Å². The summed E-state index contributed by atoms with van der Waals surface area (Å²) in [6, 6.07) is 9.95. The summed E-state index contributed by atoms with van der Waals surface area (Å²) in [5, 5.41) is 5.31. The Bertz CT molecular complexity index is 866. The maximum Gasteiger partial charge on any atom is 0.244 e. The van der Waals surface area contributed by atoms with E-state index in [0.717, 1.165) is 35.6 Å². The van der Waals surface area contributed by atoms with E-state index in [1.54, 1.807) is 22.1 Å². The number of para-hydroxylation sites is 1. The van der Waals surface area contributed by atoms with Gasteiger partial charge in [0.25, 0.3) is 0 Å². The second kappa shape index (κ2) is 5.90. The number of aryl methyl sites for hydroxylation is 1. The summed E-state index contributed by atoms with van der Waals surface area (Å²) >= 11 is 1.68. The zero-order valence-electron chi connectivity index (χ0n) is 13.5. The zero-order valence-corrected chi connectivity index (χ0v) is 14.3. The van der Waals surface area contributed by atoms with Crippen molar-refractivity contribution in [2.75, 3.05) is 12.3 Å². The molecule has 0 aliphatic carbocycles. The van der Waals surface area contributed by atoms with Gasteiger partial charge in [-0.1, -0.05) is 12.1 Å². The average Bonchev–Trinajstić information content (AvgIpc) is 3.25. The Labute approximate surface area is 143 Å². The monoisotopic (exact) mass is 341 g/mol. The molecule has 1 atom stereocenters. The molecule has 6 nitrogen and oxygen atoms in total. The summed E-state index contributed by atoms with van der Waals surface area (Å²) < 4.78 is 2.74. The van der Waals surface area contributed by atoms with Gasteiger partial charge in [0.15, 0.2) is 0 Å². The van der Waals surface area contributed by atoms with Gasteiger partial charge in [-0.15, -0.1) is 11.3 Å². The second-order valence-electron chi connectivity index (χ2n) is 6.13. The predicted molar refractivity (Wildman–Crippen MR) is 94.7 cm³/mol. The van der Waals surface area contributed by atoms with E-state index in [-0.39, 0.29) is 18.5 Å². The third-order valence-electron chi connectivity index (χ3n) is 4.39. The zero-order chi connectivity index (χ0) is 16.7. The van der Waals surface area contributed by atoms with Crippen molar-refractivity contribution in [2.45, 2.75) is 32.4 Å². The van der Waals surface area contributed by atoms with Crippen molar-refractivity contribution in [3.05, 3.63) is 41.0 Å². The van der Waals surface area contributed by atoms with E-state index < -0.39 is 0 Å². The number of hydrogen-bond donors (Lipinski definition) is 1. The van der Waals surface area contributed by atoms with Crippen molar-refractivity contribution in [1.82, 2.24) is 19.7 Å². The summed E-state index contributed by atoms with van der Waals surface area (Å²) in [6.07, 6.45) is 1.96. The van der Waals surface area contributed by atoms with Gasteiger partial charge in [0.1, 0.15) is 17.4 Å². The van der Waals surface area contributed by atoms with Crippen LogP contribution in [0, 0.1) is 6.92 Å². The number of thiazole rings is 1. The molecule has 3 aromatic rings. The normalized spacial score (nSPS) is 17.7. The predicted octanol–water partition coefficient (Wildman–Crippen LogP) is 2.75. The first-order valence-corrected chi connectivity index (χ1v) is 8.88. The number of nitrogens with two attached hydrogens (primary N) is 1. The lowest BCUT2D eigenvalue weighted by Crippen LogP contribution is -2.33. The van der Waals surface area contributed by atoms with Crippen molar-refractivity contribution >= 4 is 33.3 Å². The van der Waals surface area contributed by atoms with Gasteiger partial charge in [-0.25, -0.2) is 9.67 Å². The van der Waals surface area contributed by atoms with Crippen LogP contribution in [0.2, 0.25) is 0 Å². The molecule has 0 saturated carbocycles. The third-order valence-corrected chi connectivity index (χ3v) is 5.52. The quantitative estimate of drug-likeness (QED) is 0.795. The van der Waals surface area contributed by atoms with Gasteiger partial charge in [-0.05, 0) is 31.9 Å². The fourth-order valence-electron chi connectivity index (χ4n) is 3.27. The standard InChI is InChI=1S/C17H19N5OS/c1-11-9-15(18)22(20-11)10-16(23)21-8-4-6-13(21)17-19-12-5-2-3-7-14(12)24-17/h2-3,5,7,9,13H,4,6,8,10,18H2,1H3. The number of hydrogen-bond acceptors (Lipinski definition) is 5. The lowest BCUT2D eigenvalue weighted by atomic mass is 10.2. The average molecular weight is 341 g/mol. The molecule has 1 aromatic carbocycles. The van der Waals surface area contributed by atoms with E-state index in [9.17, 15) is 4.79 Å². The van der Waals surface area contributed by atoms with Crippen molar-refractivity contribution < 1.29 is 4.79 Å². The van der Waals surface area contributed by atoms with Crippen molar-refractivity contribution in [2.24, 2.45) is 0 Å². The molecule has 1 unspecified atom stereocenters. The van der Waals surface area contributed by atoms with Crippen LogP contribution in [0.5, 0.6) is 0 Å². The highest BCUT2D eigenvalue weighted by atomic mass is 32.1. The lowest BCUT2D eigenvalue weighted by Gasteiger charge is -2.23. The number of carbonyl (C=O) groups excluding carboxylic acids is 1. The van der Waals surface area contributed by atoms with E-state index in [2.05, 4.69) is 11.2 Å². The number of benzene rings is 1. The van der Waals surface area contributed by atoms with E-state index in [0.29, 0.717) is 5.82 Å². The molecule has 1 aliphatic rings. The number of amides is 1. The smallest absolute Gasteiger partial charge is 0.244 e. The van der Waals surface area contributed by atoms with Crippen LogP contribution in [0.3, 0.4) is 0 Å². The van der Waals surface area contributed by atoms with Gasteiger partial charge in [-0.2, -0.15) is 5.10 Å². The van der Waals surface area contributed by atoms with Crippen molar-refractivity contribution in [3.8, 4) is 0 Å². The van der Waals surface area contributed by atoms with Crippen LogP contribution < -0.4 is 5.73 Å². The molecule has 3 heterocycles. The van der Waals surface area contributed by atoms with E-state index >= 15 is 0 Å². The first-order chi connectivity index (χ1) is 11.6. The number of nitrogen functional groups attached to an aromatic ring is 1. The van der Waals surface area contributed by atoms with Crippen LogP contribution in [0.4, 0.5) is 5.82 Å². The van der Waals surface area contributed by atoms with Gasteiger partial charge < -0.3 is 10.6 Å². The molecular formula is C17H19N5OS. The Morgan fingerprint density at radius 2 is 2.25 bits per heavy atom. The number of aromatic nitrogens is 3. The molecular weight excluding hydrogens is 322 g/mol. The van der Waals surface area contributed by atoms with Crippen molar-refractivity contribution in [1.29, 1.82) is 0 Å². The summed E-state index contributed by atoms with van der Waals surface area (Å²) in [4.78, 5) is 19.4. The van der Waals surface area contributed by atoms with E-state index in [1.165, 1.54) is 4.70 Å². The van der Waals surface area contributed by atoms with E-state index in [4.69, 9.17) is 10.7 Å². The Hall–Kier alpha value is -2.41. The first-order valence-electron chi connectivity index (χ1n) is 8.06. The maximum absolute atomic E-state index is 12.8. The number of rotatable bonds is 3.